The number of furan rings is 1. The lowest BCUT2D eigenvalue weighted by Crippen LogP contribution is -2.40. The number of oxazole rings is 1. The van der Waals surface area contributed by atoms with E-state index in [0.717, 1.165) is 46.7 Å². The standard InChI is InChI=1S/C21H23N3O3/c1-5-6-15-12(3)19(23-24-20(15)25)14-7-8-17-18(10-14)27-21(22-17)16-9-11(2)26-13(16)4/h7-10,12,15H,5-6H2,1-4H3,(H,24,25). The highest BCUT2D eigenvalue weighted by Gasteiger charge is 2.32. The molecule has 1 aromatic carbocycles. The summed E-state index contributed by atoms with van der Waals surface area (Å²) in [7, 11) is 0. The predicted octanol–water partition coefficient (Wildman–Crippen LogP) is 4.59. The summed E-state index contributed by atoms with van der Waals surface area (Å²) in [5, 5.41) is 4.32. The number of aromatic nitrogens is 1. The Balaban J connectivity index is 1.71. The van der Waals surface area contributed by atoms with E-state index in [0.29, 0.717) is 11.5 Å². The van der Waals surface area contributed by atoms with E-state index in [1.54, 1.807) is 0 Å². The first-order chi connectivity index (χ1) is 13.0. The number of hydrogen-bond donors (Lipinski definition) is 1. The molecule has 3 aromatic rings. The van der Waals surface area contributed by atoms with Gasteiger partial charge in [-0.15, -0.1) is 0 Å². The van der Waals surface area contributed by atoms with Crippen molar-refractivity contribution in [3.8, 4) is 11.5 Å². The van der Waals surface area contributed by atoms with E-state index in [1.165, 1.54) is 0 Å². The van der Waals surface area contributed by atoms with Gasteiger partial charge in [-0.1, -0.05) is 26.3 Å². The molecule has 0 saturated carbocycles. The molecule has 2 aromatic heterocycles. The molecule has 140 valence electrons. The molecular weight excluding hydrogens is 342 g/mol. The van der Waals surface area contributed by atoms with Crippen molar-refractivity contribution in [3.05, 3.63) is 41.3 Å². The lowest BCUT2D eigenvalue weighted by molar-refractivity contribution is -0.126. The third-order valence-corrected chi connectivity index (χ3v) is 5.21. The van der Waals surface area contributed by atoms with Gasteiger partial charge in [0.05, 0.1) is 11.3 Å². The van der Waals surface area contributed by atoms with Crippen LogP contribution >= 0.6 is 0 Å². The second-order valence-electron chi connectivity index (χ2n) is 7.19. The van der Waals surface area contributed by atoms with E-state index in [2.05, 4.69) is 29.4 Å². The number of nitrogens with one attached hydrogen (secondary N) is 1. The fourth-order valence-electron chi connectivity index (χ4n) is 3.78. The number of benzene rings is 1. The molecule has 0 bridgehead atoms. The fraction of sp³-hybridized carbons (Fsp3) is 0.381. The van der Waals surface area contributed by atoms with Crippen molar-refractivity contribution in [1.82, 2.24) is 10.4 Å². The minimum absolute atomic E-state index is 0.00179. The van der Waals surface area contributed by atoms with Crippen LogP contribution in [0, 0.1) is 25.7 Å². The van der Waals surface area contributed by atoms with E-state index >= 15 is 0 Å². The first kappa shape index (κ1) is 17.5. The third kappa shape index (κ3) is 3.05. The Kier molecular flexibility index (Phi) is 4.34. The van der Waals surface area contributed by atoms with Gasteiger partial charge in [0.2, 0.25) is 11.8 Å². The van der Waals surface area contributed by atoms with Crippen LogP contribution in [-0.2, 0) is 4.79 Å². The summed E-state index contributed by atoms with van der Waals surface area (Å²) in [6.45, 7) is 7.96. The normalized spacial score (nSPS) is 20.0. The molecule has 0 fully saturated rings. The monoisotopic (exact) mass is 365 g/mol. The Morgan fingerprint density at radius 1 is 1.19 bits per heavy atom. The number of hydrogen-bond acceptors (Lipinski definition) is 5. The minimum atomic E-state index is -0.0555. The molecule has 6 heteroatoms. The van der Waals surface area contributed by atoms with Gasteiger partial charge in [0, 0.05) is 17.4 Å². The van der Waals surface area contributed by atoms with Crippen LogP contribution in [0.25, 0.3) is 22.6 Å². The third-order valence-electron chi connectivity index (χ3n) is 5.21. The van der Waals surface area contributed by atoms with Gasteiger partial charge in [-0.3, -0.25) is 4.79 Å². The summed E-state index contributed by atoms with van der Waals surface area (Å²) >= 11 is 0. The minimum Gasteiger partial charge on any atom is -0.466 e. The molecule has 2 atom stereocenters. The van der Waals surface area contributed by atoms with E-state index in [4.69, 9.17) is 8.83 Å². The van der Waals surface area contributed by atoms with Crippen LogP contribution in [0.4, 0.5) is 0 Å². The number of aryl methyl sites for hydroxylation is 2. The van der Waals surface area contributed by atoms with E-state index in [1.807, 2.05) is 38.1 Å². The summed E-state index contributed by atoms with van der Waals surface area (Å²) in [5.41, 5.74) is 6.84. The maximum absolute atomic E-state index is 12.1. The maximum atomic E-state index is 12.1. The van der Waals surface area contributed by atoms with Crippen molar-refractivity contribution in [2.24, 2.45) is 16.9 Å². The van der Waals surface area contributed by atoms with Gasteiger partial charge in [-0.05, 0) is 38.5 Å². The summed E-state index contributed by atoms with van der Waals surface area (Å²) in [6.07, 6.45) is 1.81. The molecule has 1 aliphatic heterocycles. The van der Waals surface area contributed by atoms with Crippen LogP contribution < -0.4 is 5.43 Å². The number of fused-ring (bicyclic) bond motifs is 1. The molecule has 3 heterocycles. The fourth-order valence-corrected chi connectivity index (χ4v) is 3.78. The lowest BCUT2D eigenvalue weighted by Gasteiger charge is -2.27. The molecule has 6 nitrogen and oxygen atoms in total. The van der Waals surface area contributed by atoms with Crippen molar-refractivity contribution in [3.63, 3.8) is 0 Å². The Morgan fingerprint density at radius 3 is 2.70 bits per heavy atom. The molecule has 4 rings (SSSR count). The largest absolute Gasteiger partial charge is 0.466 e. The van der Waals surface area contributed by atoms with Crippen molar-refractivity contribution in [1.29, 1.82) is 0 Å². The van der Waals surface area contributed by atoms with Crippen LogP contribution in [0.2, 0.25) is 0 Å². The van der Waals surface area contributed by atoms with Crippen LogP contribution in [0.15, 0.2) is 38.2 Å². The molecule has 0 aliphatic carbocycles. The highest BCUT2D eigenvalue weighted by atomic mass is 16.4. The zero-order valence-electron chi connectivity index (χ0n) is 16.0. The lowest BCUT2D eigenvalue weighted by atomic mass is 9.82. The topological polar surface area (TPSA) is 80.6 Å². The Bertz CT molecular complexity index is 1040. The Labute approximate surface area is 157 Å². The van der Waals surface area contributed by atoms with Gasteiger partial charge in [-0.25, -0.2) is 10.4 Å². The molecule has 0 saturated heterocycles. The zero-order chi connectivity index (χ0) is 19.1. The number of amides is 1. The zero-order valence-corrected chi connectivity index (χ0v) is 16.0. The van der Waals surface area contributed by atoms with E-state index in [9.17, 15) is 4.79 Å². The van der Waals surface area contributed by atoms with Crippen molar-refractivity contribution in [2.45, 2.75) is 40.5 Å². The van der Waals surface area contributed by atoms with Gasteiger partial charge in [0.1, 0.15) is 17.0 Å². The summed E-state index contributed by atoms with van der Waals surface area (Å²) < 4.78 is 11.6. The highest BCUT2D eigenvalue weighted by Crippen LogP contribution is 2.31. The number of carbonyl (C=O) groups is 1. The molecule has 2 unspecified atom stereocenters. The maximum Gasteiger partial charge on any atom is 0.243 e. The summed E-state index contributed by atoms with van der Waals surface area (Å²) in [6, 6.07) is 7.79. The Morgan fingerprint density at radius 2 is 2.00 bits per heavy atom. The van der Waals surface area contributed by atoms with Gasteiger partial charge in [0.25, 0.3) is 0 Å². The molecule has 1 aliphatic rings. The van der Waals surface area contributed by atoms with E-state index in [-0.39, 0.29) is 17.7 Å². The SMILES string of the molecule is CCCC1C(=O)NN=C(c2ccc3nc(-c4cc(C)oc4C)oc3c2)C1C. The number of carbonyl (C=O) groups excluding carboxylic acids is 1. The average Bonchev–Trinajstić information content (AvgIpc) is 3.20. The first-order valence-corrected chi connectivity index (χ1v) is 9.33. The average molecular weight is 365 g/mol. The molecule has 1 amide bonds. The molecule has 0 radical (unpaired) electrons. The molecule has 27 heavy (non-hydrogen) atoms. The van der Waals surface area contributed by atoms with Gasteiger partial charge >= 0.3 is 0 Å². The number of rotatable bonds is 4. The van der Waals surface area contributed by atoms with Crippen molar-refractivity contribution in [2.75, 3.05) is 0 Å². The van der Waals surface area contributed by atoms with Crippen molar-refractivity contribution >= 4 is 22.7 Å². The van der Waals surface area contributed by atoms with Gasteiger partial charge < -0.3 is 8.83 Å². The van der Waals surface area contributed by atoms with Crippen LogP contribution in [0.1, 0.15) is 43.8 Å². The highest BCUT2D eigenvalue weighted by molar-refractivity contribution is 6.07. The van der Waals surface area contributed by atoms with Crippen LogP contribution in [0.5, 0.6) is 0 Å². The van der Waals surface area contributed by atoms with Gasteiger partial charge in [-0.2, -0.15) is 5.10 Å². The predicted molar refractivity (Wildman–Crippen MR) is 103 cm³/mol. The van der Waals surface area contributed by atoms with Crippen molar-refractivity contribution < 1.29 is 13.6 Å². The van der Waals surface area contributed by atoms with Crippen LogP contribution in [0.3, 0.4) is 0 Å². The van der Waals surface area contributed by atoms with Gasteiger partial charge in [0.15, 0.2) is 5.58 Å². The number of nitrogens with zero attached hydrogens (tertiary/aromatic N) is 2. The molecule has 1 N–H and O–H groups in total. The van der Waals surface area contributed by atoms with Crippen LogP contribution in [-0.4, -0.2) is 16.6 Å². The number of hydrazone groups is 1. The first-order valence-electron chi connectivity index (χ1n) is 9.33. The molecule has 0 spiro atoms. The summed E-state index contributed by atoms with van der Waals surface area (Å²) in [4.78, 5) is 16.7. The smallest absolute Gasteiger partial charge is 0.243 e. The second kappa shape index (κ2) is 6.68. The van der Waals surface area contributed by atoms with E-state index < -0.39 is 0 Å². The quantitative estimate of drug-likeness (QED) is 0.733. The molecular formula is C21H23N3O3. The Hall–Kier alpha value is -2.89. The second-order valence-corrected chi connectivity index (χ2v) is 7.19. The summed E-state index contributed by atoms with van der Waals surface area (Å²) in [5.74, 6) is 2.16.